The van der Waals surface area contributed by atoms with E-state index in [1.165, 1.54) is 11.8 Å². The Bertz CT molecular complexity index is 464. The molecule has 0 unspecified atom stereocenters. The van der Waals surface area contributed by atoms with Crippen molar-refractivity contribution in [2.45, 2.75) is 17.9 Å². The molecule has 0 bridgehead atoms. The lowest BCUT2D eigenvalue weighted by molar-refractivity contribution is -0.136. The fourth-order valence-corrected chi connectivity index (χ4v) is 2.58. The van der Waals surface area contributed by atoms with Gasteiger partial charge in [0.15, 0.2) is 11.5 Å². The topological polar surface area (TPSA) is 55.8 Å². The van der Waals surface area contributed by atoms with E-state index in [4.69, 9.17) is 26.2 Å². The number of ether oxygens (including phenoxy) is 2. The van der Waals surface area contributed by atoms with Crippen molar-refractivity contribution in [1.82, 2.24) is 0 Å². The molecular weight excluding hydrogens is 276 g/mol. The van der Waals surface area contributed by atoms with Crippen molar-refractivity contribution in [3.63, 3.8) is 0 Å². The molecule has 1 atom stereocenters. The summed E-state index contributed by atoms with van der Waals surface area (Å²) in [6.45, 7) is 2.66. The second kappa shape index (κ2) is 5.71. The van der Waals surface area contributed by atoms with Crippen LogP contribution in [0.1, 0.15) is 12.5 Å². The number of aliphatic carboxylic acids is 1. The maximum absolute atomic E-state index is 10.7. The van der Waals surface area contributed by atoms with E-state index in [2.05, 4.69) is 0 Å². The van der Waals surface area contributed by atoms with Crippen molar-refractivity contribution < 1.29 is 19.4 Å². The van der Waals surface area contributed by atoms with Gasteiger partial charge in [-0.05, 0) is 24.6 Å². The quantitative estimate of drug-likeness (QED) is 0.923. The summed E-state index contributed by atoms with van der Waals surface area (Å²) in [6.07, 6.45) is 0. The fourth-order valence-electron chi connectivity index (χ4n) is 1.54. The van der Waals surface area contributed by atoms with Gasteiger partial charge < -0.3 is 14.6 Å². The lowest BCUT2D eigenvalue weighted by Crippen LogP contribution is -2.16. The zero-order chi connectivity index (χ0) is 13.1. The molecule has 0 saturated carbocycles. The number of carboxylic acids is 1. The SMILES string of the molecule is C[C@H](SCc1cc(Cl)c2c(c1)OCCO2)C(=O)O. The van der Waals surface area contributed by atoms with Crippen LogP contribution in [0.2, 0.25) is 5.02 Å². The van der Waals surface area contributed by atoms with Gasteiger partial charge in [-0.25, -0.2) is 0 Å². The van der Waals surface area contributed by atoms with Crippen molar-refractivity contribution in [3.8, 4) is 11.5 Å². The van der Waals surface area contributed by atoms with E-state index in [1.807, 2.05) is 6.07 Å². The first-order valence-electron chi connectivity index (χ1n) is 5.50. The van der Waals surface area contributed by atoms with Gasteiger partial charge in [-0.1, -0.05) is 11.6 Å². The number of thioether (sulfide) groups is 1. The standard InChI is InChI=1S/C12H13ClO4S/c1-7(12(14)15)18-6-8-4-9(13)11-10(5-8)16-2-3-17-11/h4-5,7H,2-3,6H2,1H3,(H,14,15)/t7-/m0/s1. The van der Waals surface area contributed by atoms with Gasteiger partial charge in [0.1, 0.15) is 13.2 Å². The Morgan fingerprint density at radius 2 is 2.22 bits per heavy atom. The van der Waals surface area contributed by atoms with Crippen LogP contribution in [0.25, 0.3) is 0 Å². The van der Waals surface area contributed by atoms with Gasteiger partial charge in [0, 0.05) is 5.75 Å². The molecule has 0 aliphatic carbocycles. The van der Waals surface area contributed by atoms with Gasteiger partial charge in [-0.15, -0.1) is 11.8 Å². The third-order valence-corrected chi connectivity index (χ3v) is 3.99. The zero-order valence-corrected chi connectivity index (χ0v) is 11.4. The summed E-state index contributed by atoms with van der Waals surface area (Å²) in [6, 6.07) is 3.64. The molecule has 1 aromatic carbocycles. The Morgan fingerprint density at radius 3 is 2.94 bits per heavy atom. The van der Waals surface area contributed by atoms with E-state index in [0.29, 0.717) is 35.5 Å². The minimum Gasteiger partial charge on any atom is -0.486 e. The van der Waals surface area contributed by atoms with Crippen LogP contribution in [0, 0.1) is 0 Å². The molecule has 0 saturated heterocycles. The second-order valence-corrected chi connectivity index (χ2v) is 5.63. The summed E-state index contributed by atoms with van der Waals surface area (Å²) in [7, 11) is 0. The Morgan fingerprint density at radius 1 is 1.50 bits per heavy atom. The summed E-state index contributed by atoms with van der Waals surface area (Å²) >= 11 is 7.44. The molecule has 0 amide bonds. The monoisotopic (exact) mass is 288 g/mol. The molecule has 98 valence electrons. The van der Waals surface area contributed by atoms with Gasteiger partial charge >= 0.3 is 5.97 Å². The minimum atomic E-state index is -0.816. The molecule has 0 spiro atoms. The van der Waals surface area contributed by atoms with Gasteiger partial charge in [-0.2, -0.15) is 0 Å². The van der Waals surface area contributed by atoms with Crippen molar-refractivity contribution >= 4 is 29.3 Å². The predicted molar refractivity (Wildman–Crippen MR) is 70.8 cm³/mol. The van der Waals surface area contributed by atoms with Crippen LogP contribution in [0.3, 0.4) is 0 Å². The van der Waals surface area contributed by atoms with Gasteiger partial charge in [-0.3, -0.25) is 4.79 Å². The number of fused-ring (bicyclic) bond motifs is 1. The van der Waals surface area contributed by atoms with Crippen LogP contribution in [-0.4, -0.2) is 29.5 Å². The van der Waals surface area contributed by atoms with Gasteiger partial charge in [0.05, 0.1) is 10.3 Å². The summed E-state index contributed by atoms with van der Waals surface area (Å²) in [5.41, 5.74) is 0.933. The molecule has 18 heavy (non-hydrogen) atoms. The number of hydrogen-bond acceptors (Lipinski definition) is 4. The van der Waals surface area contributed by atoms with E-state index in [9.17, 15) is 4.79 Å². The highest BCUT2D eigenvalue weighted by atomic mass is 35.5. The van der Waals surface area contributed by atoms with Crippen LogP contribution in [0.15, 0.2) is 12.1 Å². The molecule has 1 heterocycles. The van der Waals surface area contributed by atoms with Crippen molar-refractivity contribution in [1.29, 1.82) is 0 Å². The Labute approximate surface area is 114 Å². The molecule has 1 aliphatic rings. The molecule has 0 aromatic heterocycles. The fraction of sp³-hybridized carbons (Fsp3) is 0.417. The Hall–Kier alpha value is -1.07. The number of carbonyl (C=O) groups is 1. The molecule has 6 heteroatoms. The number of benzene rings is 1. The summed E-state index contributed by atoms with van der Waals surface area (Å²) in [5, 5.41) is 8.87. The lowest BCUT2D eigenvalue weighted by Gasteiger charge is -2.20. The molecule has 0 radical (unpaired) electrons. The van der Waals surface area contributed by atoms with Crippen molar-refractivity contribution in [2.75, 3.05) is 13.2 Å². The highest BCUT2D eigenvalue weighted by Crippen LogP contribution is 2.39. The molecule has 1 N–H and O–H groups in total. The molecule has 4 nitrogen and oxygen atoms in total. The average molecular weight is 289 g/mol. The first-order valence-corrected chi connectivity index (χ1v) is 6.93. The van der Waals surface area contributed by atoms with Crippen LogP contribution >= 0.6 is 23.4 Å². The predicted octanol–water partition coefficient (Wildman–Crippen LogP) is 2.82. The first-order chi connectivity index (χ1) is 8.58. The van der Waals surface area contributed by atoms with Crippen LogP contribution in [-0.2, 0) is 10.5 Å². The van der Waals surface area contributed by atoms with E-state index < -0.39 is 11.2 Å². The number of hydrogen-bond donors (Lipinski definition) is 1. The maximum Gasteiger partial charge on any atom is 0.316 e. The summed E-state index contributed by atoms with van der Waals surface area (Å²) < 4.78 is 10.9. The molecule has 2 rings (SSSR count). The normalized spacial score (nSPS) is 15.2. The van der Waals surface area contributed by atoms with Crippen LogP contribution < -0.4 is 9.47 Å². The summed E-state index contributed by atoms with van der Waals surface area (Å²) in [4.78, 5) is 10.7. The third-order valence-electron chi connectivity index (χ3n) is 2.50. The lowest BCUT2D eigenvalue weighted by atomic mass is 10.2. The van der Waals surface area contributed by atoms with E-state index in [0.717, 1.165) is 5.56 Å². The molecule has 0 fully saturated rings. The van der Waals surface area contributed by atoms with E-state index in [-0.39, 0.29) is 0 Å². The highest BCUT2D eigenvalue weighted by Gasteiger charge is 2.17. The van der Waals surface area contributed by atoms with Crippen LogP contribution in [0.5, 0.6) is 11.5 Å². The molecule has 1 aliphatic heterocycles. The zero-order valence-electron chi connectivity index (χ0n) is 9.81. The number of rotatable bonds is 4. The smallest absolute Gasteiger partial charge is 0.316 e. The van der Waals surface area contributed by atoms with Crippen molar-refractivity contribution in [3.05, 3.63) is 22.7 Å². The number of halogens is 1. The average Bonchev–Trinajstić information content (AvgIpc) is 2.36. The largest absolute Gasteiger partial charge is 0.486 e. The van der Waals surface area contributed by atoms with Crippen LogP contribution in [0.4, 0.5) is 0 Å². The van der Waals surface area contributed by atoms with Gasteiger partial charge in [0.2, 0.25) is 0 Å². The van der Waals surface area contributed by atoms with Crippen molar-refractivity contribution in [2.24, 2.45) is 0 Å². The second-order valence-electron chi connectivity index (χ2n) is 3.89. The molecule has 1 aromatic rings. The van der Waals surface area contributed by atoms with Gasteiger partial charge in [0.25, 0.3) is 0 Å². The maximum atomic E-state index is 10.7. The third kappa shape index (κ3) is 3.03. The molecular formula is C12H13ClO4S. The Kier molecular flexibility index (Phi) is 4.24. The summed E-state index contributed by atoms with van der Waals surface area (Å²) in [5.74, 6) is 0.961. The first kappa shape index (κ1) is 13.4. The minimum absolute atomic E-state index is 0.447. The Balaban J connectivity index is 2.10. The van der Waals surface area contributed by atoms with E-state index >= 15 is 0 Å². The van der Waals surface area contributed by atoms with E-state index in [1.54, 1.807) is 13.0 Å². The number of carboxylic acid groups (broad SMARTS) is 1. The highest BCUT2D eigenvalue weighted by molar-refractivity contribution is 7.99.